The number of carbonyl (C=O) groups excluding carboxylic acids is 1. The van der Waals surface area contributed by atoms with Crippen LogP contribution in [0.5, 0.6) is 5.75 Å². The molecule has 0 aromatic heterocycles. The first kappa shape index (κ1) is 23.5. The highest BCUT2D eigenvalue weighted by molar-refractivity contribution is 14.0. The molecule has 0 spiro atoms. The van der Waals surface area contributed by atoms with Crippen molar-refractivity contribution in [3.8, 4) is 5.75 Å². The molecule has 2 unspecified atom stereocenters. The minimum absolute atomic E-state index is 0. The molecule has 2 rings (SSSR count). The maximum Gasteiger partial charge on any atom is 0.222 e. The van der Waals surface area contributed by atoms with Gasteiger partial charge in [-0.1, -0.05) is 26.0 Å². The summed E-state index contributed by atoms with van der Waals surface area (Å²) in [5.74, 6) is 0.742. The quantitative estimate of drug-likeness (QED) is 0.349. The van der Waals surface area contributed by atoms with Gasteiger partial charge in [0.15, 0.2) is 17.5 Å². The Bertz CT molecular complexity index is 629. The molecule has 0 saturated carbocycles. The molecular weight excluding hydrogens is 462 g/mol. The van der Waals surface area contributed by atoms with Crippen LogP contribution in [0.3, 0.4) is 0 Å². The summed E-state index contributed by atoms with van der Waals surface area (Å²) < 4.78 is 19.5. The van der Waals surface area contributed by atoms with Gasteiger partial charge in [-0.2, -0.15) is 0 Å². The van der Waals surface area contributed by atoms with Gasteiger partial charge in [-0.25, -0.2) is 4.39 Å². The van der Waals surface area contributed by atoms with E-state index >= 15 is 0 Å². The summed E-state index contributed by atoms with van der Waals surface area (Å²) in [5.41, 5.74) is 0. The molecule has 1 fully saturated rings. The Hall–Kier alpha value is -1.58. The first-order valence-corrected chi connectivity index (χ1v) is 9.23. The number of benzene rings is 1. The van der Waals surface area contributed by atoms with Crippen LogP contribution in [-0.2, 0) is 4.79 Å². The number of amides is 1. The number of nitrogens with one attached hydrogen (secondary N) is 2. The maximum atomic E-state index is 13.7. The number of hydrogen-bond donors (Lipinski definition) is 2. The van der Waals surface area contributed by atoms with Crippen LogP contribution >= 0.6 is 24.0 Å². The van der Waals surface area contributed by atoms with Gasteiger partial charge in [0.05, 0.1) is 6.54 Å². The van der Waals surface area contributed by atoms with Gasteiger partial charge in [0.1, 0.15) is 6.10 Å². The molecule has 1 aliphatic heterocycles. The van der Waals surface area contributed by atoms with Crippen molar-refractivity contribution in [2.75, 3.05) is 26.7 Å². The molecule has 2 atom stereocenters. The predicted molar refractivity (Wildman–Crippen MR) is 116 cm³/mol. The van der Waals surface area contributed by atoms with Crippen LogP contribution < -0.4 is 15.4 Å². The summed E-state index contributed by atoms with van der Waals surface area (Å²) in [4.78, 5) is 17.9. The van der Waals surface area contributed by atoms with Gasteiger partial charge >= 0.3 is 0 Å². The van der Waals surface area contributed by atoms with E-state index in [-0.39, 0.29) is 53.6 Å². The molecule has 6 nitrogen and oxygen atoms in total. The van der Waals surface area contributed by atoms with Crippen molar-refractivity contribution in [2.45, 2.75) is 45.3 Å². The topological polar surface area (TPSA) is 66.0 Å². The Morgan fingerprint density at radius 3 is 2.78 bits per heavy atom. The summed E-state index contributed by atoms with van der Waals surface area (Å²) in [6, 6.07) is 6.59. The lowest BCUT2D eigenvalue weighted by molar-refractivity contribution is -0.129. The normalized spacial score (nSPS) is 17.9. The molecule has 8 heteroatoms. The summed E-state index contributed by atoms with van der Waals surface area (Å²) >= 11 is 0. The van der Waals surface area contributed by atoms with Gasteiger partial charge in [-0.15, -0.1) is 24.0 Å². The summed E-state index contributed by atoms with van der Waals surface area (Å²) in [5, 5.41) is 6.58. The minimum atomic E-state index is -0.361. The fraction of sp³-hybridized carbons (Fsp3) is 0.579. The fourth-order valence-electron chi connectivity index (χ4n) is 2.92. The average molecular weight is 492 g/mol. The number of guanidine groups is 1. The second-order valence-corrected chi connectivity index (χ2v) is 6.35. The molecule has 152 valence electrons. The first-order valence-electron chi connectivity index (χ1n) is 9.23. The van der Waals surface area contributed by atoms with Gasteiger partial charge in [-0.05, 0) is 25.0 Å². The lowest BCUT2D eigenvalue weighted by Crippen LogP contribution is -2.47. The zero-order valence-electron chi connectivity index (χ0n) is 16.2. The van der Waals surface area contributed by atoms with E-state index in [9.17, 15) is 9.18 Å². The highest BCUT2D eigenvalue weighted by atomic mass is 127. The zero-order valence-corrected chi connectivity index (χ0v) is 18.5. The lowest BCUT2D eigenvalue weighted by atomic mass is 10.2. The monoisotopic (exact) mass is 492 g/mol. The van der Waals surface area contributed by atoms with Crippen molar-refractivity contribution < 1.29 is 13.9 Å². The smallest absolute Gasteiger partial charge is 0.222 e. The summed E-state index contributed by atoms with van der Waals surface area (Å²) in [6.07, 6.45) is 1.99. The molecule has 1 aliphatic rings. The first-order chi connectivity index (χ1) is 12.6. The van der Waals surface area contributed by atoms with Crippen molar-refractivity contribution in [3.63, 3.8) is 0 Å². The fourth-order valence-corrected chi connectivity index (χ4v) is 2.92. The molecule has 0 radical (unpaired) electrons. The third kappa shape index (κ3) is 7.15. The standard InChI is InChI=1S/C19H29FN4O2.HI/c1-4-15(26-17-9-7-6-8-16(17)20)12-22-19(21-3)23-14-10-11-24(13-14)18(25)5-2;/h6-9,14-15H,4-5,10-13H2,1-3H3,(H2,21,22,23);1H. The van der Waals surface area contributed by atoms with Crippen LogP contribution in [0.15, 0.2) is 29.3 Å². The molecule has 27 heavy (non-hydrogen) atoms. The van der Waals surface area contributed by atoms with E-state index in [0.29, 0.717) is 25.5 Å². The Labute approximate surface area is 178 Å². The number of likely N-dealkylation sites (tertiary alicyclic amines) is 1. The van der Waals surface area contributed by atoms with Gasteiger partial charge < -0.3 is 20.3 Å². The van der Waals surface area contributed by atoms with Gasteiger partial charge in [0, 0.05) is 32.6 Å². The largest absolute Gasteiger partial charge is 0.486 e. The number of hydrogen-bond acceptors (Lipinski definition) is 3. The zero-order chi connectivity index (χ0) is 18.9. The molecular formula is C19H30FIN4O2. The molecule has 2 N–H and O–H groups in total. The van der Waals surface area contributed by atoms with Crippen LogP contribution in [0.2, 0.25) is 0 Å². The van der Waals surface area contributed by atoms with Crippen LogP contribution in [0.1, 0.15) is 33.1 Å². The predicted octanol–water partition coefficient (Wildman–Crippen LogP) is 2.78. The minimum Gasteiger partial charge on any atom is -0.486 e. The van der Waals surface area contributed by atoms with Crippen molar-refractivity contribution in [1.82, 2.24) is 15.5 Å². The molecule has 1 saturated heterocycles. The molecule has 1 aromatic rings. The number of para-hydroxylation sites is 1. The SMILES string of the molecule is CCC(=O)N1CCC(NC(=NC)NCC(CC)Oc2ccccc2F)C1.I. The highest BCUT2D eigenvalue weighted by Gasteiger charge is 2.25. The molecule has 1 aromatic carbocycles. The van der Waals surface area contributed by atoms with E-state index in [1.807, 2.05) is 18.7 Å². The van der Waals surface area contributed by atoms with Crippen LogP contribution in [0.25, 0.3) is 0 Å². The third-order valence-electron chi connectivity index (χ3n) is 4.49. The van der Waals surface area contributed by atoms with Crippen LogP contribution in [-0.4, -0.2) is 55.6 Å². The second kappa shape index (κ2) is 12.0. The van der Waals surface area contributed by atoms with E-state index < -0.39 is 0 Å². The number of halogens is 2. The van der Waals surface area contributed by atoms with Gasteiger partial charge in [0.25, 0.3) is 0 Å². The van der Waals surface area contributed by atoms with Crippen molar-refractivity contribution in [1.29, 1.82) is 0 Å². The molecule has 0 bridgehead atoms. The number of carbonyl (C=O) groups is 1. The average Bonchev–Trinajstić information content (AvgIpc) is 3.13. The molecule has 0 aliphatic carbocycles. The Morgan fingerprint density at radius 1 is 1.41 bits per heavy atom. The van der Waals surface area contributed by atoms with Crippen molar-refractivity contribution in [3.05, 3.63) is 30.1 Å². The van der Waals surface area contributed by atoms with E-state index in [0.717, 1.165) is 19.4 Å². The van der Waals surface area contributed by atoms with Gasteiger partial charge in [0.2, 0.25) is 5.91 Å². The number of nitrogens with zero attached hydrogens (tertiary/aromatic N) is 2. The van der Waals surface area contributed by atoms with Gasteiger partial charge in [-0.3, -0.25) is 9.79 Å². The van der Waals surface area contributed by atoms with Crippen LogP contribution in [0, 0.1) is 5.82 Å². The third-order valence-corrected chi connectivity index (χ3v) is 4.49. The summed E-state index contributed by atoms with van der Waals surface area (Å²) in [7, 11) is 1.71. The second-order valence-electron chi connectivity index (χ2n) is 6.35. The van der Waals surface area contributed by atoms with Crippen molar-refractivity contribution >= 4 is 35.8 Å². The Kier molecular flexibility index (Phi) is 10.4. The number of rotatable bonds is 7. The molecule has 1 amide bonds. The highest BCUT2D eigenvalue weighted by Crippen LogP contribution is 2.17. The van der Waals surface area contributed by atoms with Crippen LogP contribution in [0.4, 0.5) is 4.39 Å². The van der Waals surface area contributed by atoms with E-state index in [1.54, 1.807) is 25.2 Å². The van der Waals surface area contributed by atoms with E-state index in [1.165, 1.54) is 6.07 Å². The van der Waals surface area contributed by atoms with Crippen molar-refractivity contribution in [2.24, 2.45) is 4.99 Å². The number of aliphatic imine (C=N–C) groups is 1. The molecule has 1 heterocycles. The Balaban J connectivity index is 0.00000364. The van der Waals surface area contributed by atoms with E-state index in [2.05, 4.69) is 15.6 Å². The summed E-state index contributed by atoms with van der Waals surface area (Å²) in [6.45, 7) is 5.85. The lowest BCUT2D eigenvalue weighted by Gasteiger charge is -2.22. The van der Waals surface area contributed by atoms with E-state index in [4.69, 9.17) is 4.74 Å². The maximum absolute atomic E-state index is 13.7. The number of ether oxygens (including phenoxy) is 1. The Morgan fingerprint density at radius 2 is 2.15 bits per heavy atom.